The summed E-state index contributed by atoms with van der Waals surface area (Å²) in [6, 6.07) is 24.3. The maximum Gasteiger partial charge on any atom is 0.150 e. The van der Waals surface area contributed by atoms with E-state index in [1.54, 1.807) is 0 Å². The molecule has 1 atom stereocenters. The van der Waals surface area contributed by atoms with Crippen LogP contribution in [-0.2, 0) is 17.6 Å². The van der Waals surface area contributed by atoms with Crippen molar-refractivity contribution in [2.24, 2.45) is 0 Å². The second kappa shape index (κ2) is 8.34. The topological polar surface area (TPSA) is 27.1 Å². The predicted molar refractivity (Wildman–Crippen MR) is 133 cm³/mol. The fourth-order valence-corrected chi connectivity index (χ4v) is 5.41. The molecule has 4 aromatic rings. The highest BCUT2D eigenvalue weighted by atomic mass is 79.9. The van der Waals surface area contributed by atoms with Crippen molar-refractivity contribution in [2.45, 2.75) is 38.3 Å². The Kier molecular flexibility index (Phi) is 5.20. The number of fused-ring (bicyclic) bond motifs is 2. The van der Waals surface area contributed by atoms with Gasteiger partial charge in [0.1, 0.15) is 0 Å². The molecule has 0 amide bonds. The van der Waals surface area contributed by atoms with Crippen LogP contribution in [0.2, 0.25) is 0 Å². The minimum atomic E-state index is 0.0562. The third-order valence-electron chi connectivity index (χ3n) is 6.73. The van der Waals surface area contributed by atoms with Crippen LogP contribution in [0.1, 0.15) is 47.7 Å². The zero-order valence-corrected chi connectivity index (χ0v) is 19.5. The number of nitrogens with zero attached hydrogens (tertiary/aromatic N) is 2. The van der Waals surface area contributed by atoms with Crippen molar-refractivity contribution in [1.82, 2.24) is 9.78 Å². The molecule has 4 heteroatoms. The van der Waals surface area contributed by atoms with Crippen molar-refractivity contribution in [3.05, 3.63) is 105 Å². The average Bonchev–Trinajstić information content (AvgIpc) is 3.45. The molecule has 0 bridgehead atoms. The molecule has 1 aliphatic carbocycles. The van der Waals surface area contributed by atoms with Crippen molar-refractivity contribution in [1.29, 1.82) is 0 Å². The largest absolute Gasteiger partial charge is 0.356 e. The van der Waals surface area contributed by atoms with Gasteiger partial charge in [0, 0.05) is 16.5 Å². The number of hydrogen-bond acceptors (Lipinski definition) is 2. The van der Waals surface area contributed by atoms with Gasteiger partial charge in [0.2, 0.25) is 0 Å². The SMILES string of the molecule is Brc1ccc(C(=C2Cc3ccccc3C2)c2ccc3c(cnn3C3CCCCO3)c2)cc1. The van der Waals surface area contributed by atoms with Crippen LogP contribution in [0.5, 0.6) is 0 Å². The van der Waals surface area contributed by atoms with Gasteiger partial charge in [-0.3, -0.25) is 0 Å². The van der Waals surface area contributed by atoms with Crippen molar-refractivity contribution in [2.75, 3.05) is 6.61 Å². The van der Waals surface area contributed by atoms with Crippen molar-refractivity contribution in [3.63, 3.8) is 0 Å². The molecule has 1 aromatic heterocycles. The first-order chi connectivity index (χ1) is 15.8. The Morgan fingerprint density at radius 1 is 0.906 bits per heavy atom. The van der Waals surface area contributed by atoms with Gasteiger partial charge in [-0.1, -0.05) is 64.0 Å². The summed E-state index contributed by atoms with van der Waals surface area (Å²) in [7, 11) is 0. The molecule has 1 saturated heterocycles. The Morgan fingerprint density at radius 3 is 2.38 bits per heavy atom. The third kappa shape index (κ3) is 3.62. The standard InChI is InChI=1S/C28H25BrN2O/c29-25-11-8-19(9-12-25)28(23-15-20-5-1-2-6-21(20)16-23)22-10-13-26-24(17-22)18-30-31(26)27-7-3-4-14-32-27/h1-2,5-6,8-13,17-18,27H,3-4,7,14-16H2. The van der Waals surface area contributed by atoms with E-state index in [0.717, 1.165) is 42.3 Å². The molecule has 6 rings (SSSR count). The van der Waals surface area contributed by atoms with E-state index in [1.165, 1.54) is 45.2 Å². The lowest BCUT2D eigenvalue weighted by Gasteiger charge is -2.23. The van der Waals surface area contributed by atoms with Crippen LogP contribution in [0.15, 0.2) is 83.0 Å². The van der Waals surface area contributed by atoms with E-state index in [2.05, 4.69) is 87.3 Å². The summed E-state index contributed by atoms with van der Waals surface area (Å²) < 4.78 is 9.16. The average molecular weight is 485 g/mol. The molecular formula is C28H25BrN2O. The molecule has 160 valence electrons. The molecule has 2 heterocycles. The van der Waals surface area contributed by atoms with Gasteiger partial charge in [-0.15, -0.1) is 0 Å². The van der Waals surface area contributed by atoms with Gasteiger partial charge in [-0.2, -0.15) is 5.10 Å². The zero-order valence-electron chi connectivity index (χ0n) is 17.9. The van der Waals surface area contributed by atoms with Crippen LogP contribution < -0.4 is 0 Å². The van der Waals surface area contributed by atoms with E-state index in [-0.39, 0.29) is 6.23 Å². The van der Waals surface area contributed by atoms with Gasteiger partial charge in [-0.25, -0.2) is 4.68 Å². The lowest BCUT2D eigenvalue weighted by Crippen LogP contribution is -2.18. The van der Waals surface area contributed by atoms with Gasteiger partial charge in [0.15, 0.2) is 6.23 Å². The smallest absolute Gasteiger partial charge is 0.150 e. The molecule has 3 aromatic carbocycles. The molecular weight excluding hydrogens is 460 g/mol. The molecule has 0 spiro atoms. The van der Waals surface area contributed by atoms with Crippen LogP contribution in [0.4, 0.5) is 0 Å². The van der Waals surface area contributed by atoms with Crippen LogP contribution >= 0.6 is 15.9 Å². The minimum Gasteiger partial charge on any atom is -0.356 e. The van der Waals surface area contributed by atoms with E-state index in [9.17, 15) is 0 Å². The molecule has 0 N–H and O–H groups in total. The van der Waals surface area contributed by atoms with Crippen LogP contribution in [0.25, 0.3) is 16.5 Å². The Morgan fingerprint density at radius 2 is 1.66 bits per heavy atom. The first-order valence-electron chi connectivity index (χ1n) is 11.4. The fraction of sp³-hybridized carbons (Fsp3) is 0.250. The number of hydrogen-bond donors (Lipinski definition) is 0. The van der Waals surface area contributed by atoms with Crippen molar-refractivity contribution in [3.8, 4) is 0 Å². The summed E-state index contributed by atoms with van der Waals surface area (Å²) >= 11 is 3.59. The summed E-state index contributed by atoms with van der Waals surface area (Å²) in [6.07, 6.45) is 7.44. The zero-order chi connectivity index (χ0) is 21.5. The number of allylic oxidation sites excluding steroid dienone is 1. The molecule has 1 unspecified atom stereocenters. The normalized spacial score (nSPS) is 18.2. The predicted octanol–water partition coefficient (Wildman–Crippen LogP) is 7.10. The lowest BCUT2D eigenvalue weighted by molar-refractivity contribution is -0.0366. The summed E-state index contributed by atoms with van der Waals surface area (Å²) in [5.41, 5.74) is 9.38. The Balaban J connectivity index is 1.46. The summed E-state index contributed by atoms with van der Waals surface area (Å²) in [5, 5.41) is 5.87. The van der Waals surface area contributed by atoms with Crippen LogP contribution in [0.3, 0.4) is 0 Å². The highest BCUT2D eigenvalue weighted by molar-refractivity contribution is 9.10. The molecule has 32 heavy (non-hydrogen) atoms. The van der Waals surface area contributed by atoms with Gasteiger partial charge in [0.05, 0.1) is 11.7 Å². The first-order valence-corrected chi connectivity index (χ1v) is 12.2. The summed E-state index contributed by atoms with van der Waals surface area (Å²) in [4.78, 5) is 0. The summed E-state index contributed by atoms with van der Waals surface area (Å²) in [5.74, 6) is 0. The number of halogens is 1. The number of rotatable bonds is 3. The third-order valence-corrected chi connectivity index (χ3v) is 7.25. The Bertz CT molecular complexity index is 1290. The molecule has 3 nitrogen and oxygen atoms in total. The van der Waals surface area contributed by atoms with Gasteiger partial charge >= 0.3 is 0 Å². The maximum absolute atomic E-state index is 5.99. The van der Waals surface area contributed by atoms with E-state index in [0.29, 0.717) is 0 Å². The second-order valence-corrected chi connectivity index (χ2v) is 9.71. The quantitative estimate of drug-likeness (QED) is 0.310. The Hall–Kier alpha value is -2.69. The lowest BCUT2D eigenvalue weighted by atomic mass is 9.91. The highest BCUT2D eigenvalue weighted by Crippen LogP contribution is 2.37. The molecule has 1 fully saturated rings. The molecule has 1 aliphatic heterocycles. The van der Waals surface area contributed by atoms with Gasteiger partial charge in [-0.05, 0) is 84.2 Å². The van der Waals surface area contributed by atoms with Crippen molar-refractivity contribution < 1.29 is 4.74 Å². The first kappa shape index (κ1) is 20.0. The molecule has 0 radical (unpaired) electrons. The van der Waals surface area contributed by atoms with E-state index < -0.39 is 0 Å². The molecule has 0 saturated carbocycles. The number of aromatic nitrogens is 2. The maximum atomic E-state index is 5.99. The van der Waals surface area contributed by atoms with Gasteiger partial charge in [0.25, 0.3) is 0 Å². The Labute approximate surface area is 196 Å². The number of benzene rings is 3. The number of ether oxygens (including phenoxy) is 1. The van der Waals surface area contributed by atoms with E-state index >= 15 is 0 Å². The molecule has 2 aliphatic rings. The van der Waals surface area contributed by atoms with E-state index in [1.807, 2.05) is 6.20 Å². The van der Waals surface area contributed by atoms with Crippen LogP contribution in [-0.4, -0.2) is 16.4 Å². The van der Waals surface area contributed by atoms with Gasteiger partial charge < -0.3 is 4.74 Å². The van der Waals surface area contributed by atoms with Crippen molar-refractivity contribution >= 4 is 32.4 Å². The second-order valence-electron chi connectivity index (χ2n) is 8.79. The minimum absolute atomic E-state index is 0.0562. The van der Waals surface area contributed by atoms with E-state index in [4.69, 9.17) is 9.84 Å². The fourth-order valence-electron chi connectivity index (χ4n) is 5.15. The highest BCUT2D eigenvalue weighted by Gasteiger charge is 2.22. The monoisotopic (exact) mass is 484 g/mol. The summed E-state index contributed by atoms with van der Waals surface area (Å²) in [6.45, 7) is 0.824. The van der Waals surface area contributed by atoms with Crippen LogP contribution in [0, 0.1) is 0 Å².